The van der Waals surface area contributed by atoms with Crippen LogP contribution in [0.5, 0.6) is 11.5 Å². The number of halogens is 1. The summed E-state index contributed by atoms with van der Waals surface area (Å²) in [5.41, 5.74) is 2.00. The maximum atomic E-state index is 14.2. The number of carbonyl (C=O) groups excluding carboxylic acids is 2. The second-order valence-electron chi connectivity index (χ2n) is 11.6. The fourth-order valence-corrected chi connectivity index (χ4v) is 7.34. The Labute approximate surface area is 279 Å². The fraction of sp³-hybridized carbons (Fsp3) is 0.278. The Hall–Kier alpha value is -4.15. The molecule has 240 valence electrons. The van der Waals surface area contributed by atoms with Crippen molar-refractivity contribution in [3.05, 3.63) is 119 Å². The summed E-state index contributed by atoms with van der Waals surface area (Å²) in [4.78, 5) is 29.2. The van der Waals surface area contributed by atoms with Crippen molar-refractivity contribution in [3.63, 3.8) is 0 Å². The molecule has 0 spiro atoms. The first-order valence-electron chi connectivity index (χ1n) is 15.4. The van der Waals surface area contributed by atoms with Crippen LogP contribution in [-0.4, -0.2) is 43.8 Å². The van der Waals surface area contributed by atoms with Crippen LogP contribution in [0, 0.1) is 6.92 Å². The number of benzene rings is 4. The van der Waals surface area contributed by atoms with Crippen LogP contribution in [0.1, 0.15) is 43.7 Å². The van der Waals surface area contributed by atoms with Crippen LogP contribution in [0.15, 0.2) is 112 Å². The van der Waals surface area contributed by atoms with Crippen LogP contribution in [0.2, 0.25) is 0 Å². The van der Waals surface area contributed by atoms with E-state index in [9.17, 15) is 18.0 Å². The van der Waals surface area contributed by atoms with Crippen molar-refractivity contribution in [3.8, 4) is 11.5 Å². The van der Waals surface area contributed by atoms with Gasteiger partial charge in [0.1, 0.15) is 24.1 Å². The van der Waals surface area contributed by atoms with Gasteiger partial charge in [-0.3, -0.25) is 13.9 Å². The molecule has 1 aliphatic carbocycles. The first-order chi connectivity index (χ1) is 22.1. The molecule has 4 aromatic carbocycles. The third-order valence-corrected chi connectivity index (χ3v) is 10.4. The van der Waals surface area contributed by atoms with Crippen molar-refractivity contribution in [1.82, 2.24) is 10.2 Å². The molecule has 46 heavy (non-hydrogen) atoms. The van der Waals surface area contributed by atoms with Gasteiger partial charge in [0.2, 0.25) is 11.8 Å². The minimum absolute atomic E-state index is 0.0566. The molecule has 4 aromatic rings. The smallest absolute Gasteiger partial charge is 0.264 e. The minimum Gasteiger partial charge on any atom is -0.457 e. The molecule has 2 amide bonds. The van der Waals surface area contributed by atoms with Crippen LogP contribution in [0.4, 0.5) is 5.69 Å². The Bertz CT molecular complexity index is 1740. The number of amides is 2. The Morgan fingerprint density at radius 3 is 2.20 bits per heavy atom. The number of aryl methyl sites for hydroxylation is 1. The van der Waals surface area contributed by atoms with Crippen molar-refractivity contribution in [1.29, 1.82) is 0 Å². The van der Waals surface area contributed by atoms with Crippen LogP contribution in [-0.2, 0) is 26.2 Å². The summed E-state index contributed by atoms with van der Waals surface area (Å²) >= 11 is 3.49. The molecular weight excluding hydrogens is 666 g/mol. The van der Waals surface area contributed by atoms with Crippen molar-refractivity contribution >= 4 is 43.5 Å². The molecule has 1 fully saturated rings. The summed E-state index contributed by atoms with van der Waals surface area (Å²) in [6.07, 6.45) is 3.93. The predicted octanol–water partition coefficient (Wildman–Crippen LogP) is 7.22. The lowest BCUT2D eigenvalue weighted by molar-refractivity contribution is -0.139. The zero-order chi connectivity index (χ0) is 32.7. The SMILES string of the molecule is Cc1ccc(S(=O)(=O)N(CC(=O)N(Cc2cccc(Br)c2)[C@@H](C)C(=O)NC2CCCC2)c2ccc(Oc3ccccc3)cc2)cc1. The van der Waals surface area contributed by atoms with Crippen molar-refractivity contribution in [2.75, 3.05) is 10.8 Å². The molecule has 0 aromatic heterocycles. The summed E-state index contributed by atoms with van der Waals surface area (Å²) < 4.78 is 36.2. The number of hydrogen-bond donors (Lipinski definition) is 1. The number of hydrogen-bond acceptors (Lipinski definition) is 5. The summed E-state index contributed by atoms with van der Waals surface area (Å²) in [6, 6.07) is 29.1. The highest BCUT2D eigenvalue weighted by Crippen LogP contribution is 2.29. The van der Waals surface area contributed by atoms with E-state index in [0.717, 1.165) is 45.6 Å². The molecule has 5 rings (SSSR count). The lowest BCUT2D eigenvalue weighted by atomic mass is 10.1. The van der Waals surface area contributed by atoms with E-state index in [1.807, 2.05) is 61.5 Å². The average Bonchev–Trinajstić information content (AvgIpc) is 3.56. The van der Waals surface area contributed by atoms with Crippen molar-refractivity contribution in [2.45, 2.75) is 63.1 Å². The molecule has 0 bridgehead atoms. The second-order valence-corrected chi connectivity index (χ2v) is 14.3. The van der Waals surface area contributed by atoms with E-state index in [0.29, 0.717) is 17.2 Å². The Morgan fingerprint density at radius 2 is 1.54 bits per heavy atom. The highest BCUT2D eigenvalue weighted by molar-refractivity contribution is 9.10. The molecule has 0 radical (unpaired) electrons. The number of carbonyl (C=O) groups is 2. The van der Waals surface area contributed by atoms with Gasteiger partial charge in [0, 0.05) is 17.1 Å². The van der Waals surface area contributed by atoms with E-state index < -0.39 is 28.5 Å². The first kappa shape index (κ1) is 33.2. The maximum absolute atomic E-state index is 14.2. The van der Waals surface area contributed by atoms with Crippen molar-refractivity contribution in [2.24, 2.45) is 0 Å². The highest BCUT2D eigenvalue weighted by atomic mass is 79.9. The number of sulfonamides is 1. The van der Waals surface area contributed by atoms with E-state index >= 15 is 0 Å². The largest absolute Gasteiger partial charge is 0.457 e. The number of nitrogens with one attached hydrogen (secondary N) is 1. The predicted molar refractivity (Wildman–Crippen MR) is 183 cm³/mol. The molecular formula is C36H38BrN3O5S. The molecule has 8 nitrogen and oxygen atoms in total. The van der Waals surface area contributed by atoms with E-state index in [1.165, 1.54) is 17.0 Å². The lowest BCUT2D eigenvalue weighted by Gasteiger charge is -2.32. The third kappa shape index (κ3) is 8.35. The monoisotopic (exact) mass is 703 g/mol. The maximum Gasteiger partial charge on any atom is 0.264 e. The van der Waals surface area contributed by atoms with Gasteiger partial charge in [0.15, 0.2) is 0 Å². The Kier molecular flexibility index (Phi) is 10.8. The van der Waals surface area contributed by atoms with E-state index in [4.69, 9.17) is 4.74 Å². The third-order valence-electron chi connectivity index (χ3n) is 8.10. The van der Waals surface area contributed by atoms with Gasteiger partial charge in [-0.25, -0.2) is 8.42 Å². The zero-order valence-electron chi connectivity index (χ0n) is 25.9. The fourth-order valence-electron chi connectivity index (χ4n) is 5.48. The molecule has 1 atom stereocenters. The highest BCUT2D eigenvalue weighted by Gasteiger charge is 2.33. The molecule has 1 saturated carbocycles. The van der Waals surface area contributed by atoms with Gasteiger partial charge in [-0.15, -0.1) is 0 Å². The van der Waals surface area contributed by atoms with Gasteiger partial charge in [-0.1, -0.05) is 76.8 Å². The molecule has 1 N–H and O–H groups in total. The van der Waals surface area contributed by atoms with E-state index in [1.54, 1.807) is 43.3 Å². The minimum atomic E-state index is -4.18. The van der Waals surface area contributed by atoms with Crippen LogP contribution < -0.4 is 14.4 Å². The summed E-state index contributed by atoms with van der Waals surface area (Å²) in [5, 5.41) is 3.10. The first-order valence-corrected chi connectivity index (χ1v) is 17.6. The summed E-state index contributed by atoms with van der Waals surface area (Å²) in [7, 11) is -4.18. The summed E-state index contributed by atoms with van der Waals surface area (Å²) in [6.45, 7) is 3.18. The number of nitrogens with zero attached hydrogens (tertiary/aromatic N) is 2. The molecule has 10 heteroatoms. The van der Waals surface area contributed by atoms with Gasteiger partial charge >= 0.3 is 0 Å². The van der Waals surface area contributed by atoms with E-state index in [-0.39, 0.29) is 23.4 Å². The molecule has 0 unspecified atom stereocenters. The second kappa shape index (κ2) is 15.0. The van der Waals surface area contributed by atoms with Gasteiger partial charge < -0.3 is 15.0 Å². The topological polar surface area (TPSA) is 96.0 Å². The van der Waals surface area contributed by atoms with Crippen molar-refractivity contribution < 1.29 is 22.7 Å². The number of anilines is 1. The molecule has 0 heterocycles. The van der Waals surface area contributed by atoms with E-state index in [2.05, 4.69) is 21.2 Å². The van der Waals surface area contributed by atoms with Crippen LogP contribution in [0.3, 0.4) is 0 Å². The molecule has 0 saturated heterocycles. The van der Waals surface area contributed by atoms with Gasteiger partial charge in [-0.05, 0) is 92.9 Å². The van der Waals surface area contributed by atoms with Gasteiger partial charge in [-0.2, -0.15) is 0 Å². The summed E-state index contributed by atoms with van der Waals surface area (Å²) in [5.74, 6) is 0.394. The zero-order valence-corrected chi connectivity index (χ0v) is 28.3. The Balaban J connectivity index is 1.47. The molecule has 1 aliphatic rings. The van der Waals surface area contributed by atoms with Crippen LogP contribution >= 0.6 is 15.9 Å². The van der Waals surface area contributed by atoms with Gasteiger partial charge in [0.25, 0.3) is 10.0 Å². The number of para-hydroxylation sites is 1. The Morgan fingerprint density at radius 1 is 0.891 bits per heavy atom. The van der Waals surface area contributed by atoms with Gasteiger partial charge in [0.05, 0.1) is 10.6 Å². The lowest BCUT2D eigenvalue weighted by Crippen LogP contribution is -2.52. The van der Waals surface area contributed by atoms with Crippen LogP contribution in [0.25, 0.3) is 0 Å². The average molecular weight is 705 g/mol. The quantitative estimate of drug-likeness (QED) is 0.168. The molecule has 0 aliphatic heterocycles. The number of rotatable bonds is 12. The normalized spacial score (nSPS) is 14.0. The standard InChI is InChI=1S/C36H38BrN3O5S/c1-26-15-21-34(22-16-26)46(43,44)40(31-17-19-33(20-18-31)45-32-13-4-3-5-14-32)25-35(41)39(24-28-9-8-10-29(37)23-28)27(2)36(42)38-30-11-6-7-12-30/h3-5,8-10,13-23,27,30H,6-7,11-12,24-25H2,1-2H3,(H,38,42)/t27-/m0/s1. The number of ether oxygens (including phenoxy) is 1.